The van der Waals surface area contributed by atoms with Gasteiger partial charge in [-0.2, -0.15) is 5.10 Å². The second-order valence-corrected chi connectivity index (χ2v) is 8.24. The van der Waals surface area contributed by atoms with Crippen molar-refractivity contribution in [1.29, 1.82) is 0 Å². The van der Waals surface area contributed by atoms with Gasteiger partial charge < -0.3 is 20.6 Å². The summed E-state index contributed by atoms with van der Waals surface area (Å²) in [5.41, 5.74) is -0.258. The standard InChI is InChI=1S/C25H23F3N6O2/c1-33(13-25(36,14-34-16-29-15-30-34)22-11-4-18(27)12-23(22)28)21-9-7-20(8-10-21)32-24(35)31-19-5-2-17(26)3-6-19/h2-12,15-16,36H,13-14H2,1H3,(H2,31,32,35). The number of urea groups is 1. The van der Waals surface area contributed by atoms with Crippen LogP contribution in [0.25, 0.3) is 0 Å². The molecule has 1 heterocycles. The van der Waals surface area contributed by atoms with Crippen molar-refractivity contribution in [1.82, 2.24) is 14.8 Å². The van der Waals surface area contributed by atoms with Crippen LogP contribution in [0.15, 0.2) is 79.4 Å². The zero-order valence-electron chi connectivity index (χ0n) is 19.2. The van der Waals surface area contributed by atoms with Crippen LogP contribution in [-0.4, -0.2) is 39.5 Å². The minimum atomic E-state index is -1.77. The highest BCUT2D eigenvalue weighted by Gasteiger charge is 2.35. The lowest BCUT2D eigenvalue weighted by molar-refractivity contribution is 0.0195. The number of halogens is 3. The molecule has 0 aliphatic rings. The van der Waals surface area contributed by atoms with Gasteiger partial charge in [-0.3, -0.25) is 0 Å². The Morgan fingerprint density at radius 3 is 2.17 bits per heavy atom. The number of rotatable bonds is 8. The van der Waals surface area contributed by atoms with Gasteiger partial charge in [-0.25, -0.2) is 27.6 Å². The first-order valence-corrected chi connectivity index (χ1v) is 10.9. The van der Waals surface area contributed by atoms with E-state index in [4.69, 9.17) is 0 Å². The zero-order valence-corrected chi connectivity index (χ0v) is 19.2. The number of aliphatic hydroxyl groups is 1. The highest BCUT2D eigenvalue weighted by molar-refractivity contribution is 5.99. The Morgan fingerprint density at radius 2 is 1.58 bits per heavy atom. The molecule has 0 bridgehead atoms. The van der Waals surface area contributed by atoms with E-state index < -0.39 is 29.1 Å². The van der Waals surface area contributed by atoms with Gasteiger partial charge in [-0.1, -0.05) is 6.07 Å². The van der Waals surface area contributed by atoms with Crippen molar-refractivity contribution in [3.05, 3.63) is 102 Å². The fraction of sp³-hybridized carbons (Fsp3) is 0.160. The molecule has 11 heteroatoms. The van der Waals surface area contributed by atoms with Crippen molar-refractivity contribution in [2.75, 3.05) is 29.1 Å². The Labute approximate surface area is 205 Å². The van der Waals surface area contributed by atoms with Crippen molar-refractivity contribution < 1.29 is 23.1 Å². The normalized spacial score (nSPS) is 12.6. The summed E-state index contributed by atoms with van der Waals surface area (Å²) in [6.07, 6.45) is 2.69. The Bertz CT molecular complexity index is 1320. The van der Waals surface area contributed by atoms with Gasteiger partial charge in [0.05, 0.1) is 13.1 Å². The Balaban J connectivity index is 1.47. The molecular formula is C25H23F3N6O2. The van der Waals surface area contributed by atoms with Crippen molar-refractivity contribution in [2.45, 2.75) is 12.1 Å². The molecule has 1 aromatic heterocycles. The molecule has 36 heavy (non-hydrogen) atoms. The summed E-state index contributed by atoms with van der Waals surface area (Å²) >= 11 is 0. The molecule has 1 unspecified atom stereocenters. The fourth-order valence-corrected chi connectivity index (χ4v) is 3.78. The Hall–Kier alpha value is -4.38. The molecule has 8 nitrogen and oxygen atoms in total. The van der Waals surface area contributed by atoms with Crippen molar-refractivity contribution in [3.8, 4) is 0 Å². The number of hydrogen-bond donors (Lipinski definition) is 3. The van der Waals surface area contributed by atoms with Gasteiger partial charge >= 0.3 is 6.03 Å². The van der Waals surface area contributed by atoms with Crippen LogP contribution in [-0.2, 0) is 12.1 Å². The first kappa shape index (κ1) is 24.7. The Morgan fingerprint density at radius 1 is 0.972 bits per heavy atom. The number of aromatic nitrogens is 3. The van der Waals surface area contributed by atoms with E-state index in [1.807, 2.05) is 0 Å². The molecule has 1 atom stereocenters. The molecule has 4 aromatic rings. The number of anilines is 3. The molecule has 0 radical (unpaired) electrons. The summed E-state index contributed by atoms with van der Waals surface area (Å²) < 4.78 is 42.5. The van der Waals surface area contributed by atoms with Gasteiger partial charge in [0.15, 0.2) is 0 Å². The minimum Gasteiger partial charge on any atom is -0.381 e. The smallest absolute Gasteiger partial charge is 0.323 e. The lowest BCUT2D eigenvalue weighted by Gasteiger charge is -2.34. The second-order valence-electron chi connectivity index (χ2n) is 8.24. The van der Waals surface area contributed by atoms with Crippen LogP contribution in [0.1, 0.15) is 5.56 Å². The van der Waals surface area contributed by atoms with Gasteiger partial charge in [0.25, 0.3) is 0 Å². The number of hydrogen-bond acceptors (Lipinski definition) is 5. The van der Waals surface area contributed by atoms with E-state index in [9.17, 15) is 23.1 Å². The summed E-state index contributed by atoms with van der Waals surface area (Å²) in [7, 11) is 1.71. The molecule has 3 N–H and O–H groups in total. The molecule has 186 valence electrons. The molecule has 0 saturated heterocycles. The highest BCUT2D eigenvalue weighted by Crippen LogP contribution is 2.29. The van der Waals surface area contributed by atoms with Gasteiger partial charge in [0, 0.05) is 35.7 Å². The third kappa shape index (κ3) is 5.99. The van der Waals surface area contributed by atoms with E-state index in [2.05, 4.69) is 20.7 Å². The summed E-state index contributed by atoms with van der Waals surface area (Å²) in [5.74, 6) is -2.03. The largest absolute Gasteiger partial charge is 0.381 e. The van der Waals surface area contributed by atoms with Crippen LogP contribution in [0, 0.1) is 17.5 Å². The van der Waals surface area contributed by atoms with E-state index >= 15 is 0 Å². The molecule has 0 saturated carbocycles. The lowest BCUT2D eigenvalue weighted by atomic mass is 9.92. The summed E-state index contributed by atoms with van der Waals surface area (Å²) in [5, 5.41) is 20.8. The zero-order chi connectivity index (χ0) is 25.7. The van der Waals surface area contributed by atoms with Crippen LogP contribution in [0.2, 0.25) is 0 Å². The quantitative estimate of drug-likeness (QED) is 0.337. The van der Waals surface area contributed by atoms with Gasteiger partial charge in [0.1, 0.15) is 35.7 Å². The highest BCUT2D eigenvalue weighted by atomic mass is 19.1. The lowest BCUT2D eigenvalue weighted by Crippen LogP contribution is -2.43. The maximum Gasteiger partial charge on any atom is 0.323 e. The number of nitrogens with one attached hydrogen (secondary N) is 2. The number of carbonyl (C=O) groups is 1. The van der Waals surface area contributed by atoms with E-state index in [1.165, 1.54) is 47.7 Å². The van der Waals surface area contributed by atoms with Crippen LogP contribution in [0.3, 0.4) is 0 Å². The fourth-order valence-electron chi connectivity index (χ4n) is 3.78. The summed E-state index contributed by atoms with van der Waals surface area (Å²) in [4.78, 5) is 17.8. The topological polar surface area (TPSA) is 95.3 Å². The number of likely N-dealkylation sites (N-methyl/N-ethyl adjacent to an activating group) is 1. The van der Waals surface area contributed by atoms with Crippen LogP contribution in [0.5, 0.6) is 0 Å². The van der Waals surface area contributed by atoms with E-state index in [0.29, 0.717) is 17.1 Å². The van der Waals surface area contributed by atoms with Crippen LogP contribution >= 0.6 is 0 Å². The van der Waals surface area contributed by atoms with E-state index in [-0.39, 0.29) is 18.7 Å². The SMILES string of the molecule is CN(CC(O)(Cn1cncn1)c1ccc(F)cc1F)c1ccc(NC(=O)Nc2ccc(F)cc2)cc1. The van der Waals surface area contributed by atoms with Crippen LogP contribution < -0.4 is 15.5 Å². The first-order valence-electron chi connectivity index (χ1n) is 10.9. The van der Waals surface area contributed by atoms with Gasteiger partial charge in [-0.15, -0.1) is 0 Å². The predicted octanol–water partition coefficient (Wildman–Crippen LogP) is 4.36. The third-order valence-electron chi connectivity index (χ3n) is 5.49. The van der Waals surface area contributed by atoms with Crippen molar-refractivity contribution in [2.24, 2.45) is 0 Å². The van der Waals surface area contributed by atoms with Crippen molar-refractivity contribution in [3.63, 3.8) is 0 Å². The third-order valence-corrected chi connectivity index (χ3v) is 5.49. The van der Waals surface area contributed by atoms with Crippen molar-refractivity contribution >= 4 is 23.1 Å². The number of carbonyl (C=O) groups excluding carboxylic acids is 1. The monoisotopic (exact) mass is 496 g/mol. The van der Waals surface area contributed by atoms with E-state index in [0.717, 1.165) is 12.1 Å². The Kier molecular flexibility index (Phi) is 7.20. The molecule has 0 aliphatic carbocycles. The van der Waals surface area contributed by atoms with E-state index in [1.54, 1.807) is 36.2 Å². The average Bonchev–Trinajstić information content (AvgIpc) is 3.33. The molecule has 2 amide bonds. The summed E-state index contributed by atoms with van der Waals surface area (Å²) in [6, 6.07) is 14.6. The maximum absolute atomic E-state index is 14.6. The number of benzene rings is 3. The molecule has 0 spiro atoms. The minimum absolute atomic E-state index is 0.0623. The van der Waals surface area contributed by atoms with Gasteiger partial charge in [-0.05, 0) is 54.6 Å². The number of nitrogens with zero attached hydrogens (tertiary/aromatic N) is 4. The molecular weight excluding hydrogens is 473 g/mol. The molecule has 3 aromatic carbocycles. The second kappa shape index (κ2) is 10.5. The summed E-state index contributed by atoms with van der Waals surface area (Å²) in [6.45, 7) is -0.184. The van der Waals surface area contributed by atoms with Gasteiger partial charge in [0.2, 0.25) is 0 Å². The first-order chi connectivity index (χ1) is 17.2. The average molecular weight is 496 g/mol. The molecule has 4 rings (SSSR count). The number of amides is 2. The maximum atomic E-state index is 14.6. The van der Waals surface area contributed by atoms with Crippen LogP contribution in [0.4, 0.5) is 35.0 Å². The predicted molar refractivity (Wildman–Crippen MR) is 129 cm³/mol. The molecule has 0 aliphatic heterocycles. The molecule has 0 fully saturated rings.